The fourth-order valence-electron chi connectivity index (χ4n) is 3.25. The monoisotopic (exact) mass is 331 g/mol. The minimum atomic E-state index is 0. The van der Waals surface area contributed by atoms with Crippen molar-refractivity contribution < 1.29 is 4.79 Å². The summed E-state index contributed by atoms with van der Waals surface area (Å²) in [5.41, 5.74) is 1.58. The molecule has 0 bridgehead atoms. The Labute approximate surface area is 138 Å². The molecule has 0 saturated carbocycles. The van der Waals surface area contributed by atoms with Crippen LogP contribution in [0, 0.1) is 5.41 Å². The summed E-state index contributed by atoms with van der Waals surface area (Å²) in [5, 5.41) is 3.43. The molecule has 0 aliphatic carbocycles. The number of nitrogens with one attached hydrogen (secondary N) is 1. The molecule has 118 valence electrons. The summed E-state index contributed by atoms with van der Waals surface area (Å²) in [6.07, 6.45) is 7.41. The molecule has 21 heavy (non-hydrogen) atoms. The first-order valence-electron chi connectivity index (χ1n) is 7.15. The van der Waals surface area contributed by atoms with E-state index in [1.165, 1.54) is 18.4 Å². The zero-order valence-electron chi connectivity index (χ0n) is 12.1. The molecule has 0 aromatic carbocycles. The van der Waals surface area contributed by atoms with Crippen molar-refractivity contribution in [1.82, 2.24) is 15.2 Å². The van der Waals surface area contributed by atoms with Gasteiger partial charge in [-0.15, -0.1) is 24.8 Å². The van der Waals surface area contributed by atoms with E-state index in [4.69, 9.17) is 0 Å². The van der Waals surface area contributed by atoms with Gasteiger partial charge in [0.15, 0.2) is 0 Å². The van der Waals surface area contributed by atoms with E-state index in [-0.39, 0.29) is 24.8 Å². The second kappa shape index (κ2) is 7.97. The highest BCUT2D eigenvalue weighted by molar-refractivity contribution is 5.85. The normalized spacial score (nSPS) is 23.7. The Kier molecular flexibility index (Phi) is 6.91. The summed E-state index contributed by atoms with van der Waals surface area (Å²) in [4.78, 5) is 18.3. The van der Waals surface area contributed by atoms with Gasteiger partial charge in [-0.3, -0.25) is 9.78 Å². The Morgan fingerprint density at radius 3 is 2.71 bits per heavy atom. The lowest BCUT2D eigenvalue weighted by atomic mass is 9.86. The maximum absolute atomic E-state index is 12.2. The Hall–Kier alpha value is -0.840. The van der Waals surface area contributed by atoms with Crippen LogP contribution in [0.1, 0.15) is 24.8 Å². The fraction of sp³-hybridized carbons (Fsp3) is 0.600. The molecule has 6 heteroatoms. The molecule has 3 heterocycles. The molecule has 1 spiro atoms. The van der Waals surface area contributed by atoms with Gasteiger partial charge in [-0.1, -0.05) is 0 Å². The van der Waals surface area contributed by atoms with Crippen LogP contribution in [0.5, 0.6) is 0 Å². The molecule has 1 aromatic rings. The van der Waals surface area contributed by atoms with E-state index in [0.717, 1.165) is 32.6 Å². The van der Waals surface area contributed by atoms with Crippen LogP contribution < -0.4 is 5.32 Å². The maximum atomic E-state index is 12.2. The SMILES string of the molecule is Cl.Cl.O=C(CCc1ccncc1)N1CCC2(CCNC2)C1. The van der Waals surface area contributed by atoms with Crippen LogP contribution in [0.3, 0.4) is 0 Å². The number of carbonyl (C=O) groups excluding carboxylic acids is 1. The van der Waals surface area contributed by atoms with Crippen LogP contribution in [0.15, 0.2) is 24.5 Å². The maximum Gasteiger partial charge on any atom is 0.222 e. The molecule has 1 amide bonds. The van der Waals surface area contributed by atoms with Gasteiger partial charge in [0.25, 0.3) is 0 Å². The number of amides is 1. The van der Waals surface area contributed by atoms with E-state index in [1.807, 2.05) is 12.1 Å². The predicted octanol–water partition coefficient (Wildman–Crippen LogP) is 2.07. The Balaban J connectivity index is 0.00000110. The molecule has 2 aliphatic heterocycles. The number of aryl methyl sites for hydroxylation is 1. The van der Waals surface area contributed by atoms with Gasteiger partial charge in [0.2, 0.25) is 5.91 Å². The van der Waals surface area contributed by atoms with Gasteiger partial charge in [0, 0.05) is 43.9 Å². The van der Waals surface area contributed by atoms with Gasteiger partial charge in [-0.2, -0.15) is 0 Å². The minimum Gasteiger partial charge on any atom is -0.342 e. The number of carbonyl (C=O) groups is 1. The molecule has 4 nitrogen and oxygen atoms in total. The number of rotatable bonds is 3. The lowest BCUT2D eigenvalue weighted by molar-refractivity contribution is -0.130. The second-order valence-electron chi connectivity index (χ2n) is 5.85. The molecular formula is C15H23Cl2N3O. The summed E-state index contributed by atoms with van der Waals surface area (Å²) in [6, 6.07) is 3.97. The zero-order valence-corrected chi connectivity index (χ0v) is 13.7. The van der Waals surface area contributed by atoms with E-state index in [1.54, 1.807) is 12.4 Å². The molecule has 3 rings (SSSR count). The highest BCUT2D eigenvalue weighted by Gasteiger charge is 2.41. The number of hydrogen-bond donors (Lipinski definition) is 1. The van der Waals surface area contributed by atoms with Gasteiger partial charge in [0.05, 0.1) is 0 Å². The molecular weight excluding hydrogens is 309 g/mol. The summed E-state index contributed by atoms with van der Waals surface area (Å²) in [5.74, 6) is 0.306. The number of pyridine rings is 1. The van der Waals surface area contributed by atoms with Gasteiger partial charge in [-0.05, 0) is 43.5 Å². The van der Waals surface area contributed by atoms with E-state index < -0.39 is 0 Å². The summed E-state index contributed by atoms with van der Waals surface area (Å²) < 4.78 is 0. The Morgan fingerprint density at radius 2 is 2.05 bits per heavy atom. The highest BCUT2D eigenvalue weighted by atomic mass is 35.5. The first kappa shape index (κ1) is 18.2. The van der Waals surface area contributed by atoms with E-state index in [0.29, 0.717) is 17.7 Å². The molecule has 2 saturated heterocycles. The molecule has 2 fully saturated rings. The van der Waals surface area contributed by atoms with Gasteiger partial charge in [0.1, 0.15) is 0 Å². The third-order valence-electron chi connectivity index (χ3n) is 4.50. The minimum absolute atomic E-state index is 0. The van der Waals surface area contributed by atoms with E-state index >= 15 is 0 Å². The topological polar surface area (TPSA) is 45.2 Å². The van der Waals surface area contributed by atoms with Crippen molar-refractivity contribution >= 4 is 30.7 Å². The van der Waals surface area contributed by atoms with Crippen LogP contribution in [0.4, 0.5) is 0 Å². The lowest BCUT2D eigenvalue weighted by Crippen LogP contribution is -2.33. The third kappa shape index (κ3) is 4.31. The van der Waals surface area contributed by atoms with E-state index in [9.17, 15) is 4.79 Å². The molecule has 1 atom stereocenters. The van der Waals surface area contributed by atoms with Gasteiger partial charge < -0.3 is 10.2 Å². The van der Waals surface area contributed by atoms with Gasteiger partial charge in [-0.25, -0.2) is 0 Å². The number of aromatic nitrogens is 1. The molecule has 2 aliphatic rings. The predicted molar refractivity (Wildman–Crippen MR) is 88.2 cm³/mol. The summed E-state index contributed by atoms with van der Waals surface area (Å²) in [7, 11) is 0. The number of halogens is 2. The second-order valence-corrected chi connectivity index (χ2v) is 5.85. The Morgan fingerprint density at radius 1 is 1.29 bits per heavy atom. The third-order valence-corrected chi connectivity index (χ3v) is 4.50. The van der Waals surface area contributed by atoms with Crippen molar-refractivity contribution in [2.75, 3.05) is 26.2 Å². The number of nitrogens with zero attached hydrogens (tertiary/aromatic N) is 2. The number of likely N-dealkylation sites (tertiary alicyclic amines) is 1. The Bertz CT molecular complexity index is 449. The van der Waals surface area contributed by atoms with Crippen molar-refractivity contribution in [3.8, 4) is 0 Å². The van der Waals surface area contributed by atoms with Crippen LogP contribution in [0.2, 0.25) is 0 Å². The van der Waals surface area contributed by atoms with Crippen molar-refractivity contribution in [2.24, 2.45) is 5.41 Å². The summed E-state index contributed by atoms with van der Waals surface area (Å²) in [6.45, 7) is 4.09. The number of hydrogen-bond acceptors (Lipinski definition) is 3. The molecule has 0 radical (unpaired) electrons. The highest BCUT2D eigenvalue weighted by Crippen LogP contribution is 2.36. The van der Waals surface area contributed by atoms with Gasteiger partial charge >= 0.3 is 0 Å². The summed E-state index contributed by atoms with van der Waals surface area (Å²) >= 11 is 0. The largest absolute Gasteiger partial charge is 0.342 e. The zero-order chi connectivity index (χ0) is 13.1. The van der Waals surface area contributed by atoms with Crippen molar-refractivity contribution in [1.29, 1.82) is 0 Å². The fourth-order valence-corrected chi connectivity index (χ4v) is 3.25. The molecule has 1 N–H and O–H groups in total. The van der Waals surface area contributed by atoms with Crippen molar-refractivity contribution in [3.05, 3.63) is 30.1 Å². The van der Waals surface area contributed by atoms with E-state index in [2.05, 4.69) is 15.2 Å². The quantitative estimate of drug-likeness (QED) is 0.922. The van der Waals surface area contributed by atoms with Crippen LogP contribution in [-0.2, 0) is 11.2 Å². The van der Waals surface area contributed by atoms with Crippen LogP contribution in [0.25, 0.3) is 0 Å². The first-order chi connectivity index (χ1) is 9.27. The molecule has 1 aromatic heterocycles. The standard InChI is InChI=1S/C15H21N3O.2ClH/c19-14(2-1-13-3-7-16-8-4-13)18-10-6-15(12-18)5-9-17-11-15;;/h3-4,7-8,17H,1-2,5-6,9-12H2;2*1H. The van der Waals surface area contributed by atoms with Crippen molar-refractivity contribution in [2.45, 2.75) is 25.7 Å². The molecule has 1 unspecified atom stereocenters. The smallest absolute Gasteiger partial charge is 0.222 e. The average Bonchev–Trinajstić information content (AvgIpc) is 3.08. The van der Waals surface area contributed by atoms with Crippen LogP contribution in [-0.4, -0.2) is 42.0 Å². The first-order valence-corrected chi connectivity index (χ1v) is 7.15. The van der Waals surface area contributed by atoms with Crippen LogP contribution >= 0.6 is 24.8 Å². The van der Waals surface area contributed by atoms with Crippen molar-refractivity contribution in [3.63, 3.8) is 0 Å². The average molecular weight is 332 g/mol. The lowest BCUT2D eigenvalue weighted by Gasteiger charge is -2.22.